The first-order chi connectivity index (χ1) is 11.9. The van der Waals surface area contributed by atoms with Crippen molar-refractivity contribution in [3.05, 3.63) is 63.8 Å². The van der Waals surface area contributed by atoms with Crippen LogP contribution in [-0.4, -0.2) is 19.4 Å². The second kappa shape index (κ2) is 6.32. The van der Waals surface area contributed by atoms with Crippen LogP contribution in [0.4, 0.5) is 0 Å². The summed E-state index contributed by atoms with van der Waals surface area (Å²) in [6.45, 7) is 0. The summed E-state index contributed by atoms with van der Waals surface area (Å²) in [6.07, 6.45) is 2.16. The second-order valence-electron chi connectivity index (χ2n) is 6.26. The highest BCUT2D eigenvalue weighted by molar-refractivity contribution is 7.89. The average Bonchev–Trinajstić information content (AvgIpc) is 2.91. The van der Waals surface area contributed by atoms with Gasteiger partial charge in [-0.1, -0.05) is 41.4 Å². The van der Waals surface area contributed by atoms with Crippen molar-refractivity contribution in [2.45, 2.75) is 30.2 Å². The average molecular weight is 395 g/mol. The van der Waals surface area contributed by atoms with E-state index in [0.29, 0.717) is 11.4 Å². The van der Waals surface area contributed by atoms with Crippen LogP contribution in [0.1, 0.15) is 17.7 Å². The molecule has 0 radical (unpaired) electrons. The third-order valence-electron chi connectivity index (χ3n) is 4.60. The van der Waals surface area contributed by atoms with Gasteiger partial charge in [0.15, 0.2) is 0 Å². The molecule has 0 aliphatic heterocycles. The van der Waals surface area contributed by atoms with Crippen molar-refractivity contribution in [2.24, 2.45) is 0 Å². The molecule has 0 saturated carbocycles. The van der Waals surface area contributed by atoms with Gasteiger partial charge < -0.3 is 4.98 Å². The highest BCUT2D eigenvalue weighted by Gasteiger charge is 2.27. The lowest BCUT2D eigenvalue weighted by Crippen LogP contribution is -2.38. The number of H-pyrrole nitrogens is 1. The van der Waals surface area contributed by atoms with Gasteiger partial charge in [0.1, 0.15) is 4.90 Å². The number of aryl methyl sites for hydroxylation is 1. The maximum absolute atomic E-state index is 12.7. The molecule has 0 spiro atoms. The molecule has 1 aliphatic rings. The Morgan fingerprint density at radius 3 is 2.72 bits per heavy atom. The zero-order valence-electron chi connectivity index (χ0n) is 13.2. The highest BCUT2D eigenvalue weighted by Crippen LogP contribution is 2.31. The van der Waals surface area contributed by atoms with Crippen molar-refractivity contribution in [1.82, 2.24) is 9.71 Å². The zero-order chi connectivity index (χ0) is 17.6. The molecule has 0 bridgehead atoms. The zero-order valence-corrected chi connectivity index (χ0v) is 15.5. The van der Waals surface area contributed by atoms with Crippen molar-refractivity contribution < 1.29 is 8.42 Å². The fourth-order valence-electron chi connectivity index (χ4n) is 3.44. The summed E-state index contributed by atoms with van der Waals surface area (Å²) in [4.78, 5) is 3.52. The van der Waals surface area contributed by atoms with Gasteiger partial charge in [-0.05, 0) is 49.1 Å². The SMILES string of the molecule is O=S(=O)(NC1CCc2[nH]c3cc(Cl)ccc3c2C1)c1ccccc1Cl. The predicted molar refractivity (Wildman–Crippen MR) is 101 cm³/mol. The van der Waals surface area contributed by atoms with E-state index in [1.807, 2.05) is 18.2 Å². The molecule has 0 fully saturated rings. The van der Waals surface area contributed by atoms with Crippen LogP contribution in [0.15, 0.2) is 47.4 Å². The fraction of sp³-hybridized carbons (Fsp3) is 0.222. The summed E-state index contributed by atoms with van der Waals surface area (Å²) in [5.41, 5.74) is 3.31. The van der Waals surface area contributed by atoms with Crippen molar-refractivity contribution in [3.8, 4) is 0 Å². The van der Waals surface area contributed by atoms with Crippen molar-refractivity contribution >= 4 is 44.1 Å². The quantitative estimate of drug-likeness (QED) is 0.694. The minimum absolute atomic E-state index is 0.119. The molecule has 0 amide bonds. The molecule has 1 aliphatic carbocycles. The number of hydrogen-bond acceptors (Lipinski definition) is 2. The Kier molecular flexibility index (Phi) is 4.28. The van der Waals surface area contributed by atoms with Crippen molar-refractivity contribution in [2.75, 3.05) is 0 Å². The Bertz CT molecular complexity index is 1060. The first-order valence-electron chi connectivity index (χ1n) is 8.00. The molecule has 4 rings (SSSR count). The number of fused-ring (bicyclic) bond motifs is 3. The van der Waals surface area contributed by atoms with Crippen molar-refractivity contribution in [3.63, 3.8) is 0 Å². The lowest BCUT2D eigenvalue weighted by atomic mass is 9.92. The molecule has 4 nitrogen and oxygen atoms in total. The molecular formula is C18H16Cl2N2O2S. The van der Waals surface area contributed by atoms with E-state index >= 15 is 0 Å². The number of nitrogens with one attached hydrogen (secondary N) is 2. The van der Waals surface area contributed by atoms with Crippen molar-refractivity contribution in [1.29, 1.82) is 0 Å². The summed E-state index contributed by atoms with van der Waals surface area (Å²) < 4.78 is 28.1. The van der Waals surface area contributed by atoms with E-state index in [1.54, 1.807) is 18.2 Å². The standard InChI is InChI=1S/C18H16Cl2N2O2S/c19-11-5-7-13-14-10-12(6-8-16(14)21-17(13)9-11)22-25(23,24)18-4-2-1-3-15(18)20/h1-5,7,9,12,21-22H,6,8,10H2. The summed E-state index contributed by atoms with van der Waals surface area (Å²) in [6, 6.07) is 12.1. The maximum Gasteiger partial charge on any atom is 0.242 e. The predicted octanol–water partition coefficient (Wildman–Crippen LogP) is 4.31. The van der Waals surface area contributed by atoms with Crippen LogP contribution in [0.2, 0.25) is 10.0 Å². The number of halogens is 2. The van der Waals surface area contributed by atoms with Gasteiger partial charge in [-0.25, -0.2) is 13.1 Å². The van der Waals surface area contributed by atoms with E-state index in [2.05, 4.69) is 9.71 Å². The van der Waals surface area contributed by atoms with Gasteiger partial charge in [0, 0.05) is 27.7 Å². The normalized spacial score (nSPS) is 17.6. The molecule has 25 heavy (non-hydrogen) atoms. The molecule has 1 unspecified atom stereocenters. The Hall–Kier alpha value is -1.53. The molecule has 7 heteroatoms. The van der Waals surface area contributed by atoms with Crippen LogP contribution in [0.3, 0.4) is 0 Å². The number of hydrogen-bond donors (Lipinski definition) is 2. The Morgan fingerprint density at radius 1 is 1.12 bits per heavy atom. The lowest BCUT2D eigenvalue weighted by Gasteiger charge is -2.23. The van der Waals surface area contributed by atoms with E-state index in [0.717, 1.165) is 35.0 Å². The topological polar surface area (TPSA) is 62.0 Å². The fourth-order valence-corrected chi connectivity index (χ4v) is 5.41. The molecule has 1 aromatic heterocycles. The van der Waals surface area contributed by atoms with Crippen LogP contribution in [0.25, 0.3) is 10.9 Å². The molecule has 1 heterocycles. The Balaban J connectivity index is 1.63. The monoisotopic (exact) mass is 394 g/mol. The summed E-state index contributed by atoms with van der Waals surface area (Å²) in [5, 5.41) is 2.01. The molecule has 2 N–H and O–H groups in total. The van der Waals surface area contributed by atoms with Gasteiger partial charge in [-0.15, -0.1) is 0 Å². The van der Waals surface area contributed by atoms with Crippen LogP contribution in [0.5, 0.6) is 0 Å². The van der Waals surface area contributed by atoms with Gasteiger partial charge in [-0.3, -0.25) is 0 Å². The van der Waals surface area contributed by atoms with Crippen LogP contribution in [0, 0.1) is 0 Å². The number of rotatable bonds is 3. The van der Waals surface area contributed by atoms with Crippen LogP contribution >= 0.6 is 23.2 Å². The van der Waals surface area contributed by atoms with E-state index in [4.69, 9.17) is 23.2 Å². The smallest absolute Gasteiger partial charge is 0.242 e. The molecule has 3 aromatic rings. The molecular weight excluding hydrogens is 379 g/mol. The Morgan fingerprint density at radius 2 is 1.92 bits per heavy atom. The second-order valence-corrected chi connectivity index (χ2v) is 8.79. The van der Waals surface area contributed by atoms with Crippen LogP contribution in [-0.2, 0) is 22.9 Å². The number of aromatic amines is 1. The summed E-state index contributed by atoms with van der Waals surface area (Å²) in [5.74, 6) is 0. The van der Waals surface area contributed by atoms with E-state index in [1.165, 1.54) is 6.07 Å². The highest BCUT2D eigenvalue weighted by atomic mass is 35.5. The number of aromatic nitrogens is 1. The third kappa shape index (κ3) is 3.17. The van der Waals surface area contributed by atoms with Gasteiger partial charge in [0.2, 0.25) is 10.0 Å². The number of sulfonamides is 1. The Labute approximate surface area is 156 Å². The number of benzene rings is 2. The van der Waals surface area contributed by atoms with E-state index < -0.39 is 10.0 Å². The molecule has 130 valence electrons. The third-order valence-corrected chi connectivity index (χ3v) is 6.85. The minimum atomic E-state index is -3.65. The minimum Gasteiger partial charge on any atom is -0.358 e. The van der Waals surface area contributed by atoms with Crippen LogP contribution < -0.4 is 4.72 Å². The van der Waals surface area contributed by atoms with Gasteiger partial charge in [0.25, 0.3) is 0 Å². The molecule has 2 aromatic carbocycles. The molecule has 0 saturated heterocycles. The largest absolute Gasteiger partial charge is 0.358 e. The maximum atomic E-state index is 12.7. The summed E-state index contributed by atoms with van der Waals surface area (Å²) in [7, 11) is -3.65. The van der Waals surface area contributed by atoms with Gasteiger partial charge >= 0.3 is 0 Å². The lowest BCUT2D eigenvalue weighted by molar-refractivity contribution is 0.506. The first-order valence-corrected chi connectivity index (χ1v) is 10.2. The van der Waals surface area contributed by atoms with E-state index in [9.17, 15) is 8.42 Å². The van der Waals surface area contributed by atoms with Gasteiger partial charge in [0.05, 0.1) is 5.02 Å². The van der Waals surface area contributed by atoms with E-state index in [-0.39, 0.29) is 16.0 Å². The first kappa shape index (κ1) is 16.9. The molecule has 1 atom stereocenters. The van der Waals surface area contributed by atoms with Gasteiger partial charge in [-0.2, -0.15) is 0 Å². The summed E-state index contributed by atoms with van der Waals surface area (Å²) >= 11 is 12.1.